The number of halogens is 2. The minimum absolute atomic E-state index is 0.112. The lowest BCUT2D eigenvalue weighted by Gasteiger charge is -2.13. The first-order chi connectivity index (χ1) is 9.60. The molecule has 5 heteroatoms. The molecule has 0 heterocycles. The number of nitrogen functional groups attached to an aromatic ring is 1. The van der Waals surface area contributed by atoms with E-state index in [1.54, 1.807) is 36.4 Å². The van der Waals surface area contributed by atoms with E-state index in [2.05, 4.69) is 5.32 Å². The predicted octanol–water partition coefficient (Wildman–Crippen LogP) is 4.35. The van der Waals surface area contributed by atoms with Crippen LogP contribution in [-0.2, 0) is 0 Å². The van der Waals surface area contributed by atoms with E-state index in [0.29, 0.717) is 23.7 Å². The van der Waals surface area contributed by atoms with E-state index in [1.807, 2.05) is 6.92 Å². The van der Waals surface area contributed by atoms with Crippen LogP contribution in [0.5, 0.6) is 5.75 Å². The summed E-state index contributed by atoms with van der Waals surface area (Å²) in [7, 11) is 0. The summed E-state index contributed by atoms with van der Waals surface area (Å²) < 4.78 is 31.2. The van der Waals surface area contributed by atoms with Gasteiger partial charge in [0.1, 0.15) is 5.75 Å². The molecule has 3 N–H and O–H groups in total. The van der Waals surface area contributed by atoms with Crippen LogP contribution in [-0.4, -0.2) is 6.61 Å². The Bertz CT molecular complexity index is 571. The van der Waals surface area contributed by atoms with Crippen LogP contribution in [0.4, 0.5) is 25.8 Å². The van der Waals surface area contributed by atoms with Crippen LogP contribution in [0.3, 0.4) is 0 Å². The summed E-state index contributed by atoms with van der Waals surface area (Å²) in [5, 5.41) is 2.96. The maximum absolute atomic E-state index is 13.0. The normalized spacial score (nSPS) is 10.6. The SMILES string of the molecule is CCOc1ccc(Nc2ccc(N)cc2C(F)F)cc1. The highest BCUT2D eigenvalue weighted by Gasteiger charge is 2.13. The second-order valence-electron chi connectivity index (χ2n) is 4.23. The summed E-state index contributed by atoms with van der Waals surface area (Å²) in [5.41, 5.74) is 6.79. The van der Waals surface area contributed by atoms with Crippen LogP contribution in [0.2, 0.25) is 0 Å². The molecule has 2 aromatic rings. The number of alkyl halides is 2. The quantitative estimate of drug-likeness (QED) is 0.799. The van der Waals surface area contributed by atoms with Gasteiger partial charge in [-0.25, -0.2) is 8.78 Å². The number of nitrogens with two attached hydrogens (primary N) is 1. The van der Waals surface area contributed by atoms with Gasteiger partial charge in [-0.15, -0.1) is 0 Å². The molecule has 0 aromatic heterocycles. The Morgan fingerprint density at radius 2 is 1.85 bits per heavy atom. The van der Waals surface area contributed by atoms with Crippen molar-refractivity contribution < 1.29 is 13.5 Å². The van der Waals surface area contributed by atoms with Crippen molar-refractivity contribution in [2.24, 2.45) is 0 Å². The van der Waals surface area contributed by atoms with Crippen molar-refractivity contribution in [3.8, 4) is 5.75 Å². The molecule has 2 aromatic carbocycles. The molecule has 20 heavy (non-hydrogen) atoms. The minimum atomic E-state index is -2.58. The Balaban J connectivity index is 2.21. The minimum Gasteiger partial charge on any atom is -0.494 e. The number of benzene rings is 2. The molecule has 0 aliphatic carbocycles. The molecule has 106 valence electrons. The molecule has 0 spiro atoms. The molecule has 0 amide bonds. The van der Waals surface area contributed by atoms with Crippen molar-refractivity contribution in [1.82, 2.24) is 0 Å². The number of rotatable bonds is 5. The molecule has 0 bridgehead atoms. The molecular formula is C15H16F2N2O. The second kappa shape index (κ2) is 6.23. The highest BCUT2D eigenvalue weighted by atomic mass is 19.3. The maximum Gasteiger partial charge on any atom is 0.265 e. The van der Waals surface area contributed by atoms with E-state index in [9.17, 15) is 8.78 Å². The fraction of sp³-hybridized carbons (Fsp3) is 0.200. The van der Waals surface area contributed by atoms with E-state index in [1.165, 1.54) is 6.07 Å². The van der Waals surface area contributed by atoms with Gasteiger partial charge in [0, 0.05) is 22.6 Å². The third kappa shape index (κ3) is 3.38. The zero-order valence-electron chi connectivity index (χ0n) is 11.1. The van der Waals surface area contributed by atoms with Crippen molar-refractivity contribution >= 4 is 17.1 Å². The van der Waals surface area contributed by atoms with Crippen molar-refractivity contribution in [2.45, 2.75) is 13.3 Å². The summed E-state index contributed by atoms with van der Waals surface area (Å²) in [6.45, 7) is 2.48. The molecule has 0 aliphatic rings. The van der Waals surface area contributed by atoms with Crippen LogP contribution < -0.4 is 15.8 Å². The van der Waals surface area contributed by atoms with Gasteiger partial charge in [-0.2, -0.15) is 0 Å². The van der Waals surface area contributed by atoms with Crippen LogP contribution in [0.25, 0.3) is 0 Å². The number of nitrogens with one attached hydrogen (secondary N) is 1. The van der Waals surface area contributed by atoms with Crippen molar-refractivity contribution in [3.63, 3.8) is 0 Å². The Morgan fingerprint density at radius 1 is 1.15 bits per heavy atom. The smallest absolute Gasteiger partial charge is 0.265 e. The standard InChI is InChI=1S/C15H16F2N2O/c1-2-20-12-6-4-11(5-7-12)19-14-8-3-10(18)9-13(14)15(16)17/h3-9,15,19H,2,18H2,1H3. The van der Waals surface area contributed by atoms with E-state index < -0.39 is 6.43 Å². The van der Waals surface area contributed by atoms with Gasteiger partial charge in [-0.1, -0.05) is 0 Å². The summed E-state index contributed by atoms with van der Waals surface area (Å²) in [4.78, 5) is 0. The van der Waals surface area contributed by atoms with Gasteiger partial charge in [-0.3, -0.25) is 0 Å². The van der Waals surface area contributed by atoms with Crippen LogP contribution in [0.15, 0.2) is 42.5 Å². The highest BCUT2D eigenvalue weighted by molar-refractivity contribution is 5.66. The van der Waals surface area contributed by atoms with Gasteiger partial charge in [0.05, 0.1) is 6.61 Å². The Labute approximate surface area is 116 Å². The first-order valence-electron chi connectivity index (χ1n) is 6.27. The summed E-state index contributed by atoms with van der Waals surface area (Å²) >= 11 is 0. The van der Waals surface area contributed by atoms with E-state index >= 15 is 0 Å². The molecule has 0 saturated carbocycles. The molecule has 0 aliphatic heterocycles. The fourth-order valence-corrected chi connectivity index (χ4v) is 1.83. The fourth-order valence-electron chi connectivity index (χ4n) is 1.83. The summed E-state index contributed by atoms with van der Waals surface area (Å²) in [6, 6.07) is 11.5. The lowest BCUT2D eigenvalue weighted by molar-refractivity contribution is 0.152. The molecule has 3 nitrogen and oxygen atoms in total. The number of hydrogen-bond acceptors (Lipinski definition) is 3. The van der Waals surface area contributed by atoms with Gasteiger partial charge in [0.15, 0.2) is 0 Å². The maximum atomic E-state index is 13.0. The first-order valence-corrected chi connectivity index (χ1v) is 6.27. The van der Waals surface area contributed by atoms with Crippen LogP contribution in [0, 0.1) is 0 Å². The van der Waals surface area contributed by atoms with Gasteiger partial charge in [0.25, 0.3) is 6.43 Å². The van der Waals surface area contributed by atoms with E-state index in [0.717, 1.165) is 5.75 Å². The van der Waals surface area contributed by atoms with Gasteiger partial charge in [-0.05, 0) is 49.4 Å². The topological polar surface area (TPSA) is 47.3 Å². The van der Waals surface area contributed by atoms with Crippen molar-refractivity contribution in [3.05, 3.63) is 48.0 Å². The number of ether oxygens (including phenoxy) is 1. The lowest BCUT2D eigenvalue weighted by Crippen LogP contribution is -1.98. The van der Waals surface area contributed by atoms with Crippen LogP contribution >= 0.6 is 0 Å². The number of hydrogen-bond donors (Lipinski definition) is 2. The predicted molar refractivity (Wildman–Crippen MR) is 76.7 cm³/mol. The molecular weight excluding hydrogens is 262 g/mol. The molecule has 0 radical (unpaired) electrons. The summed E-state index contributed by atoms with van der Waals surface area (Å²) in [5.74, 6) is 0.740. The summed E-state index contributed by atoms with van der Waals surface area (Å²) in [6.07, 6.45) is -2.58. The molecule has 0 unspecified atom stereocenters. The average molecular weight is 278 g/mol. The van der Waals surface area contributed by atoms with E-state index in [-0.39, 0.29) is 5.56 Å². The van der Waals surface area contributed by atoms with Crippen LogP contribution in [0.1, 0.15) is 18.9 Å². The van der Waals surface area contributed by atoms with Gasteiger partial charge < -0.3 is 15.8 Å². The average Bonchev–Trinajstić information content (AvgIpc) is 2.43. The second-order valence-corrected chi connectivity index (χ2v) is 4.23. The Kier molecular flexibility index (Phi) is 4.40. The number of anilines is 3. The lowest BCUT2D eigenvalue weighted by atomic mass is 10.1. The monoisotopic (exact) mass is 278 g/mol. The zero-order valence-corrected chi connectivity index (χ0v) is 11.1. The Hall–Kier alpha value is -2.30. The van der Waals surface area contributed by atoms with Crippen molar-refractivity contribution in [2.75, 3.05) is 17.7 Å². The molecule has 0 atom stereocenters. The van der Waals surface area contributed by atoms with Gasteiger partial charge in [0.2, 0.25) is 0 Å². The molecule has 0 fully saturated rings. The zero-order chi connectivity index (χ0) is 14.5. The third-order valence-electron chi connectivity index (χ3n) is 2.76. The van der Waals surface area contributed by atoms with Gasteiger partial charge >= 0.3 is 0 Å². The van der Waals surface area contributed by atoms with E-state index in [4.69, 9.17) is 10.5 Å². The highest BCUT2D eigenvalue weighted by Crippen LogP contribution is 2.31. The van der Waals surface area contributed by atoms with Crippen molar-refractivity contribution in [1.29, 1.82) is 0 Å². The largest absolute Gasteiger partial charge is 0.494 e. The third-order valence-corrected chi connectivity index (χ3v) is 2.76. The first kappa shape index (κ1) is 14.1. The molecule has 2 rings (SSSR count). The Morgan fingerprint density at radius 3 is 2.45 bits per heavy atom. The molecule has 0 saturated heterocycles.